The highest BCUT2D eigenvalue weighted by molar-refractivity contribution is 5.78. The fraction of sp³-hybridized carbons (Fsp3) is 0.895. The maximum Gasteiger partial charge on any atom is 0.410 e. The topological polar surface area (TPSA) is 49.9 Å². The van der Waals surface area contributed by atoms with Gasteiger partial charge in [0.25, 0.3) is 0 Å². The second kappa shape index (κ2) is 6.57. The summed E-state index contributed by atoms with van der Waals surface area (Å²) in [7, 11) is 1.84. The number of amides is 2. The van der Waals surface area contributed by atoms with Crippen molar-refractivity contribution in [3.63, 3.8) is 0 Å². The highest BCUT2D eigenvalue weighted by Gasteiger charge is 2.43. The zero-order valence-electron chi connectivity index (χ0n) is 15.6. The molecule has 2 saturated heterocycles. The minimum Gasteiger partial charge on any atom is -0.444 e. The van der Waals surface area contributed by atoms with Crippen molar-refractivity contribution in [1.82, 2.24) is 9.80 Å². The molecule has 2 amide bonds. The molecule has 24 heavy (non-hydrogen) atoms. The van der Waals surface area contributed by atoms with Crippen LogP contribution in [-0.4, -0.2) is 52.6 Å². The van der Waals surface area contributed by atoms with Gasteiger partial charge in [-0.1, -0.05) is 0 Å². The number of hydrogen-bond acceptors (Lipinski definition) is 3. The molecule has 0 radical (unpaired) electrons. The zero-order valence-corrected chi connectivity index (χ0v) is 15.6. The van der Waals surface area contributed by atoms with Crippen molar-refractivity contribution in [2.24, 2.45) is 5.92 Å². The summed E-state index contributed by atoms with van der Waals surface area (Å²) in [6.07, 6.45) is 8.06. The van der Waals surface area contributed by atoms with E-state index < -0.39 is 5.60 Å². The van der Waals surface area contributed by atoms with Gasteiger partial charge in [0.05, 0.1) is 0 Å². The fourth-order valence-electron chi connectivity index (χ4n) is 4.23. The Labute approximate surface area is 145 Å². The third-order valence-corrected chi connectivity index (χ3v) is 5.63. The van der Waals surface area contributed by atoms with Crippen molar-refractivity contribution in [1.29, 1.82) is 0 Å². The second-order valence-corrected chi connectivity index (χ2v) is 8.90. The average molecular weight is 336 g/mol. The van der Waals surface area contributed by atoms with Gasteiger partial charge in [-0.2, -0.15) is 0 Å². The van der Waals surface area contributed by atoms with Crippen molar-refractivity contribution in [3.05, 3.63) is 0 Å². The van der Waals surface area contributed by atoms with Crippen LogP contribution in [0.15, 0.2) is 0 Å². The summed E-state index contributed by atoms with van der Waals surface area (Å²) in [4.78, 5) is 29.0. The van der Waals surface area contributed by atoms with Gasteiger partial charge >= 0.3 is 6.09 Å². The SMILES string of the molecule is CN(C(=O)OC(C)(C)C)C1C[C@H]2CCC[C@@H](C1)N2C(=O)CC1CC1. The number of carbonyl (C=O) groups is 2. The summed E-state index contributed by atoms with van der Waals surface area (Å²) < 4.78 is 5.52. The van der Waals surface area contributed by atoms with E-state index in [1.54, 1.807) is 4.90 Å². The lowest BCUT2D eigenvalue weighted by molar-refractivity contribution is -0.142. The van der Waals surface area contributed by atoms with E-state index in [0.29, 0.717) is 23.9 Å². The Morgan fingerprint density at radius 1 is 1.08 bits per heavy atom. The molecule has 3 atom stereocenters. The average Bonchev–Trinajstić information content (AvgIpc) is 3.27. The first-order valence-electron chi connectivity index (χ1n) is 9.51. The van der Waals surface area contributed by atoms with E-state index >= 15 is 0 Å². The summed E-state index contributed by atoms with van der Waals surface area (Å²) in [5.74, 6) is 0.992. The van der Waals surface area contributed by atoms with E-state index in [2.05, 4.69) is 4.90 Å². The molecule has 136 valence electrons. The summed E-state index contributed by atoms with van der Waals surface area (Å²) in [5.41, 5.74) is -0.470. The zero-order chi connectivity index (χ0) is 17.5. The van der Waals surface area contributed by atoms with E-state index in [1.165, 1.54) is 19.3 Å². The molecule has 2 aliphatic heterocycles. The molecule has 2 heterocycles. The molecule has 2 bridgehead atoms. The van der Waals surface area contributed by atoms with Crippen molar-refractivity contribution in [3.8, 4) is 0 Å². The summed E-state index contributed by atoms with van der Waals surface area (Å²) in [5, 5.41) is 0. The van der Waals surface area contributed by atoms with Crippen LogP contribution in [0.4, 0.5) is 4.79 Å². The molecule has 3 aliphatic rings. The summed E-state index contributed by atoms with van der Waals surface area (Å²) in [6, 6.07) is 0.789. The third-order valence-electron chi connectivity index (χ3n) is 5.63. The molecule has 5 nitrogen and oxygen atoms in total. The van der Waals surface area contributed by atoms with Crippen LogP contribution in [0, 0.1) is 5.92 Å². The lowest BCUT2D eigenvalue weighted by Crippen LogP contribution is -2.59. The number of carbonyl (C=O) groups excluding carboxylic acids is 2. The van der Waals surface area contributed by atoms with Gasteiger partial charge in [-0.3, -0.25) is 4.79 Å². The number of nitrogens with zero attached hydrogens (tertiary/aromatic N) is 2. The van der Waals surface area contributed by atoms with Crippen molar-refractivity contribution in [2.75, 3.05) is 7.05 Å². The number of ether oxygens (including phenoxy) is 1. The maximum absolute atomic E-state index is 12.7. The number of fused-ring (bicyclic) bond motifs is 2. The van der Waals surface area contributed by atoms with Gasteiger partial charge in [-0.05, 0) is 71.6 Å². The summed E-state index contributed by atoms with van der Waals surface area (Å²) in [6.45, 7) is 5.69. The second-order valence-electron chi connectivity index (χ2n) is 8.90. The van der Waals surface area contributed by atoms with Crippen molar-refractivity contribution in [2.45, 2.75) is 95.9 Å². The van der Waals surface area contributed by atoms with Gasteiger partial charge in [0.1, 0.15) is 5.60 Å². The van der Waals surface area contributed by atoms with E-state index in [-0.39, 0.29) is 12.1 Å². The molecular weight excluding hydrogens is 304 g/mol. The number of rotatable bonds is 3. The van der Waals surface area contributed by atoms with Gasteiger partial charge in [0.15, 0.2) is 0 Å². The van der Waals surface area contributed by atoms with Gasteiger partial charge in [0, 0.05) is 31.6 Å². The Balaban J connectivity index is 1.63. The predicted molar refractivity (Wildman–Crippen MR) is 92.6 cm³/mol. The first-order chi connectivity index (χ1) is 11.2. The van der Waals surface area contributed by atoms with Gasteiger partial charge < -0.3 is 14.5 Å². The van der Waals surface area contributed by atoms with Gasteiger partial charge in [0.2, 0.25) is 5.91 Å². The molecule has 5 heteroatoms. The first-order valence-corrected chi connectivity index (χ1v) is 9.51. The molecule has 0 N–H and O–H groups in total. The Morgan fingerprint density at radius 3 is 2.17 bits per heavy atom. The first kappa shape index (κ1) is 17.6. The molecule has 0 spiro atoms. The molecule has 0 aromatic carbocycles. The van der Waals surface area contributed by atoms with Crippen LogP contribution in [0.1, 0.15) is 72.1 Å². The Morgan fingerprint density at radius 2 is 1.67 bits per heavy atom. The van der Waals surface area contributed by atoms with Crippen LogP contribution in [0.3, 0.4) is 0 Å². The maximum atomic E-state index is 12.7. The quantitative estimate of drug-likeness (QED) is 0.792. The van der Waals surface area contributed by atoms with E-state index in [4.69, 9.17) is 4.74 Å². The molecule has 0 aromatic rings. The van der Waals surface area contributed by atoms with E-state index in [1.807, 2.05) is 27.8 Å². The van der Waals surface area contributed by atoms with E-state index in [0.717, 1.165) is 32.1 Å². The van der Waals surface area contributed by atoms with Crippen LogP contribution >= 0.6 is 0 Å². The van der Waals surface area contributed by atoms with Crippen LogP contribution < -0.4 is 0 Å². The lowest BCUT2D eigenvalue weighted by atomic mass is 9.81. The molecule has 0 aromatic heterocycles. The molecule has 1 saturated carbocycles. The van der Waals surface area contributed by atoms with E-state index in [9.17, 15) is 9.59 Å². The highest BCUT2D eigenvalue weighted by atomic mass is 16.6. The van der Waals surface area contributed by atoms with Crippen LogP contribution in [0.25, 0.3) is 0 Å². The summed E-state index contributed by atoms with van der Waals surface area (Å²) >= 11 is 0. The van der Waals surface area contributed by atoms with Gasteiger partial charge in [-0.15, -0.1) is 0 Å². The third kappa shape index (κ3) is 4.04. The van der Waals surface area contributed by atoms with Crippen LogP contribution in [0.5, 0.6) is 0 Å². The van der Waals surface area contributed by atoms with Crippen LogP contribution in [0.2, 0.25) is 0 Å². The fourth-order valence-corrected chi connectivity index (χ4v) is 4.23. The smallest absolute Gasteiger partial charge is 0.410 e. The minimum absolute atomic E-state index is 0.181. The normalized spacial score (nSPS) is 30.0. The number of hydrogen-bond donors (Lipinski definition) is 0. The Kier molecular flexibility index (Phi) is 4.80. The number of piperidine rings is 2. The van der Waals surface area contributed by atoms with Crippen molar-refractivity contribution < 1.29 is 14.3 Å². The molecule has 3 fully saturated rings. The monoisotopic (exact) mass is 336 g/mol. The van der Waals surface area contributed by atoms with Gasteiger partial charge in [-0.25, -0.2) is 4.79 Å². The lowest BCUT2D eigenvalue weighted by Gasteiger charge is -2.50. The minimum atomic E-state index is -0.470. The molecule has 3 rings (SSSR count). The largest absolute Gasteiger partial charge is 0.444 e. The molecule has 1 unspecified atom stereocenters. The molecule has 1 aliphatic carbocycles. The van der Waals surface area contributed by atoms with Crippen molar-refractivity contribution >= 4 is 12.0 Å². The van der Waals surface area contributed by atoms with Crippen LogP contribution in [-0.2, 0) is 9.53 Å². The Bertz CT molecular complexity index is 481. The molecular formula is C19H32N2O3. The highest BCUT2D eigenvalue weighted by Crippen LogP contribution is 2.39. The standard InChI is InChI=1S/C19H32N2O3/c1-19(2,3)24-18(23)20(4)16-11-14-6-5-7-15(12-16)21(14)17(22)10-13-8-9-13/h13-16H,5-12H2,1-4H3/t14-,15+,16?. The predicted octanol–water partition coefficient (Wildman–Crippen LogP) is 3.57. The Hall–Kier alpha value is -1.26.